The molecule has 0 radical (unpaired) electrons. The highest BCUT2D eigenvalue weighted by molar-refractivity contribution is 6.40. The largest absolute Gasteiger partial charge is 0.351 e. The Kier molecular flexibility index (Phi) is 7.16. The molecule has 198 valence electrons. The lowest BCUT2D eigenvalue weighted by atomic mass is 9.97. The first-order valence-electron chi connectivity index (χ1n) is 11.7. The minimum atomic E-state index is -0.762. The van der Waals surface area contributed by atoms with Gasteiger partial charge in [0, 0.05) is 6.54 Å². The summed E-state index contributed by atoms with van der Waals surface area (Å²) >= 11 is 12.8. The van der Waals surface area contributed by atoms with Crippen LogP contribution in [0.25, 0.3) is 16.6 Å². The van der Waals surface area contributed by atoms with E-state index in [0.717, 1.165) is 0 Å². The molecule has 0 spiro atoms. The molecule has 0 bridgehead atoms. The second kappa shape index (κ2) is 10.5. The summed E-state index contributed by atoms with van der Waals surface area (Å²) in [5, 5.41) is 7.25. The number of aryl methyl sites for hydroxylation is 2. The Morgan fingerprint density at radius 1 is 1.08 bits per heavy atom. The van der Waals surface area contributed by atoms with Crippen molar-refractivity contribution in [1.82, 2.24) is 30.0 Å². The van der Waals surface area contributed by atoms with Gasteiger partial charge in [-0.2, -0.15) is 5.10 Å². The first-order valence-corrected chi connectivity index (χ1v) is 12.5. The first-order chi connectivity index (χ1) is 18.6. The Morgan fingerprint density at radius 2 is 1.77 bits per heavy atom. The lowest BCUT2D eigenvalue weighted by Crippen LogP contribution is -2.31. The molecule has 2 aromatic heterocycles. The monoisotopic (exact) mass is 568 g/mol. The molecule has 0 saturated carbocycles. The normalized spacial score (nSPS) is 12.1. The molecule has 0 aliphatic rings. The number of carbonyl (C=O) groups excluding carboxylic acids is 1. The summed E-state index contributed by atoms with van der Waals surface area (Å²) in [6.45, 7) is 3.31. The molecular weight excluding hydrogens is 549 g/mol. The van der Waals surface area contributed by atoms with Crippen molar-refractivity contribution in [2.45, 2.75) is 19.8 Å². The quantitative estimate of drug-likeness (QED) is 0.290. The number of halogens is 4. The van der Waals surface area contributed by atoms with Crippen molar-refractivity contribution in [3.8, 4) is 5.69 Å². The molecular formula is C27H20Cl2F2N6O2. The molecule has 0 aliphatic carbocycles. The van der Waals surface area contributed by atoms with E-state index in [2.05, 4.69) is 25.4 Å². The third-order valence-corrected chi connectivity index (χ3v) is 6.83. The smallest absolute Gasteiger partial charge is 0.259 e. The summed E-state index contributed by atoms with van der Waals surface area (Å²) in [6, 6.07) is 11.3. The van der Waals surface area contributed by atoms with Gasteiger partial charge in [0.25, 0.3) is 11.5 Å². The molecule has 12 heteroatoms. The lowest BCUT2D eigenvalue weighted by Gasteiger charge is -2.19. The van der Waals surface area contributed by atoms with Crippen LogP contribution in [0.15, 0.2) is 59.7 Å². The van der Waals surface area contributed by atoms with Gasteiger partial charge in [0.1, 0.15) is 35.1 Å². The summed E-state index contributed by atoms with van der Waals surface area (Å²) in [7, 11) is 0. The van der Waals surface area contributed by atoms with Crippen LogP contribution in [0.2, 0.25) is 10.0 Å². The zero-order valence-electron chi connectivity index (χ0n) is 20.6. The molecule has 2 N–H and O–H groups in total. The second-order valence-electron chi connectivity index (χ2n) is 8.87. The molecule has 5 aromatic rings. The fourth-order valence-electron chi connectivity index (χ4n) is 4.28. The second-order valence-corrected chi connectivity index (χ2v) is 9.69. The summed E-state index contributed by atoms with van der Waals surface area (Å²) in [6.07, 6.45) is 1.49. The number of carbonyl (C=O) groups is 1. The average molecular weight is 569 g/mol. The highest BCUT2D eigenvalue weighted by Gasteiger charge is 2.23. The van der Waals surface area contributed by atoms with Gasteiger partial charge in [0.15, 0.2) is 0 Å². The molecule has 0 saturated heterocycles. The fraction of sp³-hybridized carbons (Fsp3) is 0.148. The number of amides is 1. The maximum atomic E-state index is 14.7. The van der Waals surface area contributed by atoms with Crippen LogP contribution in [0.3, 0.4) is 0 Å². The molecule has 8 nitrogen and oxygen atoms in total. The third-order valence-electron chi connectivity index (χ3n) is 6.23. The van der Waals surface area contributed by atoms with Crippen molar-refractivity contribution in [3.05, 3.63) is 115 Å². The van der Waals surface area contributed by atoms with Crippen molar-refractivity contribution in [3.63, 3.8) is 0 Å². The van der Waals surface area contributed by atoms with E-state index < -0.39 is 29.0 Å². The van der Waals surface area contributed by atoms with Crippen molar-refractivity contribution in [2.75, 3.05) is 6.54 Å². The van der Waals surface area contributed by atoms with Crippen LogP contribution in [0.1, 0.15) is 39.1 Å². The van der Waals surface area contributed by atoms with Gasteiger partial charge in [-0.25, -0.2) is 23.4 Å². The summed E-state index contributed by atoms with van der Waals surface area (Å²) in [4.78, 5) is 37.3. The third kappa shape index (κ3) is 5.25. The van der Waals surface area contributed by atoms with E-state index in [9.17, 15) is 18.4 Å². The molecule has 2 heterocycles. The number of aromatic amines is 1. The van der Waals surface area contributed by atoms with Gasteiger partial charge in [-0.05, 0) is 55.3 Å². The molecule has 0 aliphatic heterocycles. The fourth-order valence-corrected chi connectivity index (χ4v) is 4.93. The van der Waals surface area contributed by atoms with E-state index in [1.165, 1.54) is 59.5 Å². The van der Waals surface area contributed by atoms with E-state index >= 15 is 0 Å². The lowest BCUT2D eigenvalue weighted by molar-refractivity contribution is 0.0952. The van der Waals surface area contributed by atoms with Crippen molar-refractivity contribution < 1.29 is 13.6 Å². The Morgan fingerprint density at radius 3 is 2.41 bits per heavy atom. The van der Waals surface area contributed by atoms with Gasteiger partial charge in [-0.1, -0.05) is 41.4 Å². The van der Waals surface area contributed by atoms with Crippen LogP contribution >= 0.6 is 23.2 Å². The number of nitrogens with one attached hydrogen (secondary N) is 2. The van der Waals surface area contributed by atoms with E-state index in [-0.39, 0.29) is 38.9 Å². The van der Waals surface area contributed by atoms with E-state index in [4.69, 9.17) is 23.2 Å². The number of H-pyrrole nitrogens is 1. The van der Waals surface area contributed by atoms with Crippen LogP contribution in [0, 0.1) is 25.5 Å². The van der Waals surface area contributed by atoms with Gasteiger partial charge in [0.05, 0.1) is 32.6 Å². The van der Waals surface area contributed by atoms with E-state index in [1.54, 1.807) is 13.8 Å². The standard InChI is InChI=1S/C27H20Cl2F2N6O2/c1-13-3-8-21(31)24-22(13)27(39)35-25(34-24)18(15-4-6-16(30)7-5-15)11-32-26(38)23-19(28)9-17(10-20(23)29)37-12-33-14(2)36-37/h3-10,12,18H,11H2,1-2H3,(H,32,38)(H,34,35,39)/t18-/m0/s1. The van der Waals surface area contributed by atoms with Gasteiger partial charge >= 0.3 is 0 Å². The Bertz CT molecular complexity index is 1760. The molecule has 1 amide bonds. The molecule has 0 fully saturated rings. The minimum Gasteiger partial charge on any atom is -0.351 e. The Labute approximate surface area is 230 Å². The summed E-state index contributed by atoms with van der Waals surface area (Å²) in [5.41, 5.74) is 1.00. The number of nitrogens with zero attached hydrogens (tertiary/aromatic N) is 4. The van der Waals surface area contributed by atoms with Crippen molar-refractivity contribution in [1.29, 1.82) is 0 Å². The van der Waals surface area contributed by atoms with Crippen LogP contribution in [0.5, 0.6) is 0 Å². The first kappa shape index (κ1) is 26.5. The average Bonchev–Trinajstić information content (AvgIpc) is 3.33. The number of aromatic nitrogens is 5. The van der Waals surface area contributed by atoms with Gasteiger partial charge in [-0.3, -0.25) is 9.59 Å². The predicted octanol–water partition coefficient (Wildman–Crippen LogP) is 5.27. The van der Waals surface area contributed by atoms with Gasteiger partial charge in [-0.15, -0.1) is 0 Å². The minimum absolute atomic E-state index is 0.0263. The number of hydrogen-bond acceptors (Lipinski definition) is 5. The summed E-state index contributed by atoms with van der Waals surface area (Å²) in [5.74, 6) is -1.84. The zero-order valence-corrected chi connectivity index (χ0v) is 22.1. The number of fused-ring (bicyclic) bond motifs is 1. The maximum absolute atomic E-state index is 14.7. The van der Waals surface area contributed by atoms with Crippen LogP contribution in [-0.2, 0) is 0 Å². The van der Waals surface area contributed by atoms with E-state index in [1.807, 2.05) is 0 Å². The van der Waals surface area contributed by atoms with Gasteiger partial charge < -0.3 is 10.3 Å². The summed E-state index contributed by atoms with van der Waals surface area (Å²) < 4.78 is 29.8. The van der Waals surface area contributed by atoms with Crippen LogP contribution in [-0.4, -0.2) is 37.2 Å². The predicted molar refractivity (Wildman–Crippen MR) is 144 cm³/mol. The zero-order chi connectivity index (χ0) is 27.8. The molecule has 5 rings (SSSR count). The van der Waals surface area contributed by atoms with Crippen molar-refractivity contribution >= 4 is 40.0 Å². The Hall–Kier alpha value is -4.15. The molecule has 39 heavy (non-hydrogen) atoms. The highest BCUT2D eigenvalue weighted by atomic mass is 35.5. The number of hydrogen-bond donors (Lipinski definition) is 2. The van der Waals surface area contributed by atoms with Crippen LogP contribution in [0.4, 0.5) is 8.78 Å². The van der Waals surface area contributed by atoms with E-state index in [0.29, 0.717) is 22.6 Å². The SMILES string of the molecule is Cc1ncn(-c2cc(Cl)c(C(=O)NC[C@@H](c3ccc(F)cc3)c3nc4c(F)ccc(C)c4c(=O)[nH]3)c(Cl)c2)n1. The molecule has 0 unspecified atom stereocenters. The van der Waals surface area contributed by atoms with Crippen LogP contribution < -0.4 is 10.9 Å². The van der Waals surface area contributed by atoms with Gasteiger partial charge in [0.2, 0.25) is 0 Å². The Balaban J connectivity index is 1.50. The molecule has 1 atom stereocenters. The number of rotatable bonds is 6. The topological polar surface area (TPSA) is 106 Å². The maximum Gasteiger partial charge on any atom is 0.259 e. The molecule has 3 aromatic carbocycles. The highest BCUT2D eigenvalue weighted by Crippen LogP contribution is 2.29. The van der Waals surface area contributed by atoms with Crippen molar-refractivity contribution in [2.24, 2.45) is 0 Å². The number of benzene rings is 3.